The summed E-state index contributed by atoms with van der Waals surface area (Å²) in [5, 5.41) is 33.5. The summed E-state index contributed by atoms with van der Waals surface area (Å²) >= 11 is 0. The molecule has 2 aromatic heterocycles. The normalized spacial score (nSPS) is 19.2. The molecule has 0 aliphatic carbocycles. The summed E-state index contributed by atoms with van der Waals surface area (Å²) in [6.07, 6.45) is -10.1. The second-order valence-corrected chi connectivity index (χ2v) is 26.9. The van der Waals surface area contributed by atoms with Gasteiger partial charge in [-0.25, -0.2) is 22.9 Å². The maximum Gasteiger partial charge on any atom is 0.348 e. The van der Waals surface area contributed by atoms with Crippen molar-refractivity contribution in [2.24, 2.45) is 0 Å². The Labute approximate surface area is 659 Å². The Bertz CT molecular complexity index is 5220. The van der Waals surface area contributed by atoms with Crippen LogP contribution >= 0.6 is 0 Å². The van der Waals surface area contributed by atoms with E-state index in [-0.39, 0.29) is 126 Å². The first-order valence-corrected chi connectivity index (χ1v) is 36.4. The Morgan fingerprint density at radius 2 is 0.846 bits per heavy atom. The van der Waals surface area contributed by atoms with Crippen LogP contribution in [0.15, 0.2) is 124 Å². The highest BCUT2D eigenvalue weighted by atomic mass is 19.1. The minimum atomic E-state index is -1.85. The molecule has 6 N–H and O–H groups in total. The highest BCUT2D eigenvalue weighted by Crippen LogP contribution is 2.36. The fourth-order valence-electron chi connectivity index (χ4n) is 13.6. The number of hydrogen-bond acceptors (Lipinski definition) is 27. The Morgan fingerprint density at radius 3 is 1.27 bits per heavy atom. The van der Waals surface area contributed by atoms with Gasteiger partial charge in [0.05, 0.1) is 98.1 Å². The van der Waals surface area contributed by atoms with Crippen molar-refractivity contribution in [1.82, 2.24) is 25.0 Å². The Kier molecular flexibility index (Phi) is 25.0. The minimum Gasteiger partial charge on any atom is -0.478 e. The number of aliphatic hydroxyl groups excluding tert-OH is 1. The van der Waals surface area contributed by atoms with Crippen molar-refractivity contribution in [3.63, 3.8) is 0 Å². The molecule has 15 rings (SSSR count). The van der Waals surface area contributed by atoms with Gasteiger partial charge in [0.15, 0.2) is 47.2 Å². The average Bonchev–Trinajstić information content (AvgIpc) is 1.64. The van der Waals surface area contributed by atoms with Crippen LogP contribution in [-0.2, 0) is 76.3 Å². The zero-order valence-electron chi connectivity index (χ0n) is 62.2. The molecule has 0 radical (unpaired) electrons. The number of ether oxygens (including phenoxy) is 8. The van der Waals surface area contributed by atoms with Crippen molar-refractivity contribution in [2.75, 3.05) is 154 Å². The molecule has 6 saturated heterocycles. The highest BCUT2D eigenvalue weighted by molar-refractivity contribution is 6.35. The molecule has 0 saturated carbocycles. The number of hydrogen-bond donors (Lipinski definition) is 5. The van der Waals surface area contributed by atoms with Crippen molar-refractivity contribution < 1.29 is 133 Å². The number of nitrogens with two attached hydrogens (primary N) is 1. The maximum atomic E-state index is 14.8. The fourth-order valence-corrected chi connectivity index (χ4v) is 13.6. The van der Waals surface area contributed by atoms with Crippen molar-refractivity contribution in [1.29, 1.82) is 0 Å². The first kappa shape index (κ1) is 81.9. The number of benzene rings is 6. The van der Waals surface area contributed by atoms with E-state index in [0.29, 0.717) is 82.2 Å². The lowest BCUT2D eigenvalue weighted by Crippen LogP contribution is -2.56. The van der Waals surface area contributed by atoms with Crippen LogP contribution in [0.2, 0.25) is 0 Å². The Morgan fingerprint density at radius 1 is 0.470 bits per heavy atom. The number of halogens is 3. The topological polar surface area (TPSA) is 461 Å². The van der Waals surface area contributed by atoms with Crippen LogP contribution in [-0.4, -0.2) is 267 Å². The summed E-state index contributed by atoms with van der Waals surface area (Å²) in [4.78, 5) is 174. The van der Waals surface area contributed by atoms with Gasteiger partial charge in [0.1, 0.15) is 17.5 Å². The number of aromatic nitrogens is 2. The lowest BCUT2D eigenvalue weighted by Gasteiger charge is -2.35. The molecule has 37 nitrogen and oxygen atoms in total. The number of carboxylic acid groups (broad SMARTS) is 1. The third-order valence-corrected chi connectivity index (χ3v) is 19.4. The number of nitrogens with one attached hydrogen (secondary N) is 2. The number of carbonyl (C=O) groups excluding carboxylic acids is 12. The number of aliphatic carboxylic acids is 1. The molecule has 117 heavy (non-hydrogen) atoms. The highest BCUT2D eigenvalue weighted by Gasteiger charge is 2.47. The van der Waals surface area contributed by atoms with Gasteiger partial charge < -0.3 is 103 Å². The third kappa shape index (κ3) is 17.7. The Hall–Kier alpha value is -13.1. The van der Waals surface area contributed by atoms with Gasteiger partial charge in [-0.15, -0.1) is 0 Å². The molecule has 6 fully saturated rings. The monoisotopic (exact) mass is 1620 g/mol. The van der Waals surface area contributed by atoms with Gasteiger partial charge in [-0.1, -0.05) is 22.4 Å². The first-order chi connectivity index (χ1) is 56.2. The van der Waals surface area contributed by atoms with Crippen molar-refractivity contribution in [3.05, 3.63) is 161 Å². The lowest BCUT2D eigenvalue weighted by atomic mass is 10.1. The molecule has 10 amide bonds. The quantitative estimate of drug-likeness (QED) is 0.0644. The first-order valence-electron chi connectivity index (χ1n) is 36.4. The number of nitrogen functional groups attached to an aromatic ring is 1. The molecular weight excluding hydrogens is 1550 g/mol. The number of aliphatic hydroxyl groups is 1. The van der Waals surface area contributed by atoms with E-state index in [1.165, 1.54) is 102 Å². The molecular formula is C77H73F3N12O25. The molecule has 0 unspecified atom stereocenters. The molecule has 0 bridgehead atoms. The fraction of sp³-hybridized carbons (Fsp3) is 0.338. The number of morpholine rings is 6. The zero-order chi connectivity index (χ0) is 83.0. The summed E-state index contributed by atoms with van der Waals surface area (Å²) in [6, 6.07) is 26.3. The number of rotatable bonds is 17. The van der Waals surface area contributed by atoms with Crippen LogP contribution in [0, 0.1) is 17.5 Å². The number of anilines is 7. The average molecular weight is 1620 g/mol. The predicted octanol–water partition coefficient (Wildman–Crippen LogP) is 3.34. The number of fused-ring (bicyclic) bond motifs is 3. The molecule has 40 heteroatoms. The number of amides is 10. The van der Waals surface area contributed by atoms with Crippen LogP contribution < -0.4 is 36.0 Å². The molecule has 7 aliphatic rings. The van der Waals surface area contributed by atoms with Gasteiger partial charge >= 0.3 is 17.9 Å². The van der Waals surface area contributed by atoms with E-state index < -0.39 is 131 Å². The number of carboxylic acids is 1. The van der Waals surface area contributed by atoms with Gasteiger partial charge in [-0.2, -0.15) is 0 Å². The van der Waals surface area contributed by atoms with E-state index >= 15 is 0 Å². The Balaban J connectivity index is 0.000000158. The summed E-state index contributed by atoms with van der Waals surface area (Å²) < 4.78 is 96.2. The molecule has 612 valence electrons. The number of esters is 2. The van der Waals surface area contributed by atoms with Crippen molar-refractivity contribution >= 4 is 139 Å². The van der Waals surface area contributed by atoms with Crippen molar-refractivity contribution in [3.8, 4) is 0 Å². The van der Waals surface area contributed by atoms with E-state index in [2.05, 4.69) is 20.9 Å². The van der Waals surface area contributed by atoms with Gasteiger partial charge in [0.25, 0.3) is 59.1 Å². The molecule has 7 aliphatic heterocycles. The number of carbonyl (C=O) groups is 13. The van der Waals surface area contributed by atoms with E-state index in [4.69, 9.17) is 52.7 Å². The van der Waals surface area contributed by atoms with Gasteiger partial charge in [-0.3, -0.25) is 57.5 Å². The zero-order valence-corrected chi connectivity index (χ0v) is 62.2. The smallest absolute Gasteiger partial charge is 0.348 e. The molecule has 6 atom stereocenters. The van der Waals surface area contributed by atoms with E-state index in [1.807, 2.05) is 0 Å². The third-order valence-electron chi connectivity index (χ3n) is 19.4. The molecule has 9 heterocycles. The van der Waals surface area contributed by atoms with Crippen molar-refractivity contribution in [2.45, 2.75) is 50.5 Å². The number of nitrogens with zero attached hydrogens (tertiary/aromatic N) is 9. The summed E-state index contributed by atoms with van der Waals surface area (Å²) in [6.45, 7) is 6.08. The van der Waals surface area contributed by atoms with Gasteiger partial charge in [-0.05, 0) is 91.0 Å². The van der Waals surface area contributed by atoms with Gasteiger partial charge in [0.2, 0.25) is 12.2 Å². The number of imide groups is 1. The van der Waals surface area contributed by atoms with Crippen LogP contribution in [0.5, 0.6) is 0 Å². The standard InChI is InChI=1S/C34H28FN5O10.C24H24FN5O7.C19H21FN2O8/c1-18(41)49-27(28-34(46)39(12-15-48-28)20-7-9-25(35)24(17-20)31(43)38-10-13-47-14-11-38)30(42)36-19-6-8-23-26(16-19)50-37-29(23)40-32(44)21-4-2-3-5-22(21)33(40)45;25-17-4-2-14(12-16(17)23(33)29-5-8-35-9-6-29)30-7-10-36-20(24(30)34)19(31)22(32)27-13-1-3-15-18(11-13)37-28-21(15)26;1-11(23)30-16(19(26)27)15-18(25)22(6-9-29-15)12-2-3-14(20)13(10-12)17(24)21-4-7-28-8-5-21/h2-9,16-17,27-28H,10-15H2,1H3,(H,36,42);1-4,11-12,19-20,31H,5-10H2,(H2,26,28)(H,27,32);2-3,10,15-16H,4-9H2,1H3,(H,26,27)/t27-,28-;19-,20-;15-,16-/m111/s1. The van der Waals surface area contributed by atoms with Gasteiger partial charge in [0, 0.05) is 113 Å². The summed E-state index contributed by atoms with van der Waals surface area (Å²) in [5.74, 6) is -12.1. The lowest BCUT2D eigenvalue weighted by molar-refractivity contribution is -0.177. The van der Waals surface area contributed by atoms with Crippen LogP contribution in [0.25, 0.3) is 21.9 Å². The van der Waals surface area contributed by atoms with E-state index in [9.17, 15) is 85.7 Å². The van der Waals surface area contributed by atoms with Crippen LogP contribution in [0.1, 0.15) is 65.6 Å². The van der Waals surface area contributed by atoms with Crippen LogP contribution in [0.3, 0.4) is 0 Å². The summed E-state index contributed by atoms with van der Waals surface area (Å²) in [7, 11) is 0. The second-order valence-electron chi connectivity index (χ2n) is 26.9. The van der Waals surface area contributed by atoms with E-state index in [1.54, 1.807) is 24.3 Å². The molecule has 0 spiro atoms. The largest absolute Gasteiger partial charge is 0.478 e. The summed E-state index contributed by atoms with van der Waals surface area (Å²) in [5.41, 5.74) is 7.05. The minimum absolute atomic E-state index is 0.00810. The van der Waals surface area contributed by atoms with E-state index in [0.717, 1.165) is 36.9 Å². The van der Waals surface area contributed by atoms with Crippen LogP contribution in [0.4, 0.5) is 53.2 Å². The second kappa shape index (κ2) is 35.7. The predicted molar refractivity (Wildman–Crippen MR) is 398 cm³/mol. The molecule has 8 aromatic rings. The SMILES string of the molecule is CC(=O)O[C@@H](C(=O)Nc1ccc2c(N3C(=O)c4ccccc4C3=O)noc2c1)[C@H]1OCCN(c2ccc(F)c(C(=O)N3CCOCC3)c2)C1=O.CC(=O)O[C@@H](C(=O)O)[C@H]1OCCN(c2ccc(F)c(C(=O)N3CCOCC3)c2)C1=O.Nc1noc2cc(NC(=O)[C@H](O)[C@H]3OCCN(c4ccc(F)c(C(=O)N5CCOCC5)c4)C3=O)ccc12. The maximum absolute atomic E-state index is 14.8. The molecule has 6 aromatic carbocycles.